The van der Waals surface area contributed by atoms with Crippen LogP contribution in [0.2, 0.25) is 0 Å². The molecule has 0 aliphatic rings. The lowest BCUT2D eigenvalue weighted by molar-refractivity contribution is -0.139. The van der Waals surface area contributed by atoms with E-state index in [9.17, 15) is 9.59 Å². The van der Waals surface area contributed by atoms with Crippen molar-refractivity contribution in [1.82, 2.24) is 4.90 Å². The summed E-state index contributed by atoms with van der Waals surface area (Å²) in [4.78, 5) is 26.3. The van der Waals surface area contributed by atoms with E-state index >= 15 is 0 Å². The highest BCUT2D eigenvalue weighted by molar-refractivity contribution is 9.10. The van der Waals surface area contributed by atoms with Crippen molar-refractivity contribution in [3.8, 4) is 5.75 Å². The van der Waals surface area contributed by atoms with Gasteiger partial charge in [0.1, 0.15) is 5.75 Å². The maximum Gasteiger partial charge on any atom is 0.340 e. The fourth-order valence-corrected chi connectivity index (χ4v) is 2.72. The molecule has 1 atom stereocenters. The zero-order valence-corrected chi connectivity index (χ0v) is 15.9. The summed E-state index contributed by atoms with van der Waals surface area (Å²) in [5.41, 5.74) is 1.32. The molecular formula is C19H20BrNO4. The van der Waals surface area contributed by atoms with Crippen LogP contribution >= 0.6 is 15.9 Å². The van der Waals surface area contributed by atoms with Crippen LogP contribution in [0.1, 0.15) is 22.8 Å². The van der Waals surface area contributed by atoms with Crippen molar-refractivity contribution in [2.75, 3.05) is 14.2 Å². The Morgan fingerprint density at radius 1 is 1.16 bits per heavy atom. The molecule has 2 aromatic rings. The van der Waals surface area contributed by atoms with Crippen LogP contribution in [0.25, 0.3) is 0 Å². The van der Waals surface area contributed by atoms with Gasteiger partial charge in [-0.1, -0.05) is 30.3 Å². The van der Waals surface area contributed by atoms with Crippen molar-refractivity contribution < 1.29 is 19.1 Å². The van der Waals surface area contributed by atoms with E-state index < -0.39 is 12.1 Å². The summed E-state index contributed by atoms with van der Waals surface area (Å²) in [5.74, 6) is -0.314. The molecule has 0 fully saturated rings. The number of rotatable bonds is 6. The number of halogens is 1. The third-order valence-electron chi connectivity index (χ3n) is 3.66. The number of likely N-dealkylation sites (N-methyl/N-ethyl adjacent to an activating group) is 1. The van der Waals surface area contributed by atoms with Crippen LogP contribution in [-0.4, -0.2) is 37.0 Å². The number of esters is 1. The molecule has 0 saturated heterocycles. The summed E-state index contributed by atoms with van der Waals surface area (Å²) in [6.07, 6.45) is -0.890. The number of benzene rings is 2. The van der Waals surface area contributed by atoms with Crippen LogP contribution < -0.4 is 4.74 Å². The largest absolute Gasteiger partial charge is 0.497 e. The highest BCUT2D eigenvalue weighted by Gasteiger charge is 2.23. The SMILES string of the molecule is COc1ccc(Br)c(C(=O)O[C@H](C)C(=O)N(C)Cc2ccccc2)c1. The maximum atomic E-state index is 12.4. The topological polar surface area (TPSA) is 55.8 Å². The summed E-state index contributed by atoms with van der Waals surface area (Å²) >= 11 is 3.31. The molecule has 0 saturated carbocycles. The van der Waals surface area contributed by atoms with Crippen LogP contribution in [0.15, 0.2) is 53.0 Å². The second kappa shape index (κ2) is 8.67. The molecule has 1 amide bonds. The summed E-state index contributed by atoms with van der Waals surface area (Å²) in [6.45, 7) is 2.01. The van der Waals surface area contributed by atoms with Crippen molar-refractivity contribution >= 4 is 27.8 Å². The highest BCUT2D eigenvalue weighted by Crippen LogP contribution is 2.23. The first-order valence-corrected chi connectivity index (χ1v) is 8.55. The van der Waals surface area contributed by atoms with Gasteiger partial charge in [0.25, 0.3) is 5.91 Å². The van der Waals surface area contributed by atoms with Crippen molar-refractivity contribution in [1.29, 1.82) is 0 Å². The number of ether oxygens (including phenoxy) is 2. The quantitative estimate of drug-likeness (QED) is 0.688. The zero-order valence-electron chi connectivity index (χ0n) is 14.4. The summed E-state index contributed by atoms with van der Waals surface area (Å²) < 4.78 is 11.0. The van der Waals surface area contributed by atoms with E-state index in [2.05, 4.69) is 15.9 Å². The van der Waals surface area contributed by atoms with E-state index in [-0.39, 0.29) is 5.91 Å². The Bertz CT molecular complexity index is 748. The lowest BCUT2D eigenvalue weighted by Crippen LogP contribution is -2.37. The fourth-order valence-electron chi connectivity index (χ4n) is 2.31. The smallest absolute Gasteiger partial charge is 0.340 e. The lowest BCUT2D eigenvalue weighted by Gasteiger charge is -2.21. The van der Waals surface area contributed by atoms with Gasteiger partial charge in [0.2, 0.25) is 0 Å². The molecule has 0 bridgehead atoms. The zero-order chi connectivity index (χ0) is 18.4. The van der Waals surface area contributed by atoms with Gasteiger partial charge in [-0.2, -0.15) is 0 Å². The first-order chi connectivity index (χ1) is 11.9. The van der Waals surface area contributed by atoms with Crippen LogP contribution in [0.5, 0.6) is 5.75 Å². The van der Waals surface area contributed by atoms with Gasteiger partial charge in [0.15, 0.2) is 6.10 Å². The Balaban J connectivity index is 2.01. The number of carbonyl (C=O) groups is 2. The standard InChI is InChI=1S/C19H20BrNO4/c1-13(18(22)21(2)12-14-7-5-4-6-8-14)25-19(23)16-11-15(24-3)9-10-17(16)20/h4-11,13H,12H2,1-3H3/t13-/m1/s1. The fraction of sp³-hybridized carbons (Fsp3) is 0.263. The molecule has 132 valence electrons. The van der Waals surface area contributed by atoms with E-state index in [0.717, 1.165) is 5.56 Å². The average Bonchev–Trinajstić information content (AvgIpc) is 2.62. The molecule has 0 radical (unpaired) electrons. The summed E-state index contributed by atoms with van der Waals surface area (Å²) in [7, 11) is 3.20. The molecule has 6 heteroatoms. The van der Waals surface area contributed by atoms with Crippen molar-refractivity contribution in [3.63, 3.8) is 0 Å². The van der Waals surface area contributed by atoms with Gasteiger partial charge in [-0.15, -0.1) is 0 Å². The Morgan fingerprint density at radius 3 is 2.48 bits per heavy atom. The lowest BCUT2D eigenvalue weighted by atomic mass is 10.2. The number of methoxy groups -OCH3 is 1. The number of carbonyl (C=O) groups excluding carboxylic acids is 2. The molecule has 0 aliphatic carbocycles. The molecule has 2 rings (SSSR count). The first-order valence-electron chi connectivity index (χ1n) is 7.75. The second-order valence-corrected chi connectivity index (χ2v) is 6.43. The number of nitrogens with zero attached hydrogens (tertiary/aromatic N) is 1. The molecule has 25 heavy (non-hydrogen) atoms. The van der Waals surface area contributed by atoms with E-state index in [4.69, 9.17) is 9.47 Å². The maximum absolute atomic E-state index is 12.4. The first kappa shape index (κ1) is 19.0. The molecule has 0 heterocycles. The van der Waals surface area contributed by atoms with E-state index in [1.54, 1.807) is 32.2 Å². The van der Waals surface area contributed by atoms with Gasteiger partial charge < -0.3 is 14.4 Å². The molecular weight excluding hydrogens is 386 g/mol. The average molecular weight is 406 g/mol. The Hall–Kier alpha value is -2.34. The molecule has 0 spiro atoms. The van der Waals surface area contributed by atoms with Gasteiger partial charge in [0.05, 0.1) is 12.7 Å². The molecule has 0 aromatic heterocycles. The van der Waals surface area contributed by atoms with Crippen molar-refractivity contribution in [2.24, 2.45) is 0 Å². The van der Waals surface area contributed by atoms with Gasteiger partial charge >= 0.3 is 5.97 Å². The van der Waals surface area contributed by atoms with Gasteiger partial charge in [-0.3, -0.25) is 4.79 Å². The molecule has 5 nitrogen and oxygen atoms in total. The summed E-state index contributed by atoms with van der Waals surface area (Å²) in [6, 6.07) is 14.6. The normalized spacial score (nSPS) is 11.5. The number of hydrogen-bond acceptors (Lipinski definition) is 4. The minimum absolute atomic E-state index is 0.267. The van der Waals surface area contributed by atoms with Crippen LogP contribution in [0.3, 0.4) is 0 Å². The minimum atomic E-state index is -0.890. The Kier molecular flexibility index (Phi) is 6.58. The molecule has 2 aromatic carbocycles. The predicted octanol–water partition coefficient (Wildman–Crippen LogP) is 3.66. The van der Waals surface area contributed by atoms with Crippen LogP contribution in [0, 0.1) is 0 Å². The van der Waals surface area contributed by atoms with Crippen LogP contribution in [0.4, 0.5) is 0 Å². The van der Waals surface area contributed by atoms with Gasteiger partial charge in [-0.05, 0) is 46.6 Å². The minimum Gasteiger partial charge on any atom is -0.497 e. The monoisotopic (exact) mass is 405 g/mol. The highest BCUT2D eigenvalue weighted by atomic mass is 79.9. The molecule has 0 aliphatic heterocycles. The van der Waals surface area contributed by atoms with Gasteiger partial charge in [-0.25, -0.2) is 4.79 Å². The van der Waals surface area contributed by atoms with Crippen LogP contribution in [-0.2, 0) is 16.1 Å². The van der Waals surface area contributed by atoms with E-state index in [1.807, 2.05) is 30.3 Å². The third kappa shape index (κ3) is 5.06. The Morgan fingerprint density at radius 2 is 1.84 bits per heavy atom. The van der Waals surface area contributed by atoms with Crippen molar-refractivity contribution in [2.45, 2.75) is 19.6 Å². The number of hydrogen-bond donors (Lipinski definition) is 0. The van der Waals surface area contributed by atoms with Crippen molar-refractivity contribution in [3.05, 3.63) is 64.1 Å². The molecule has 0 unspecified atom stereocenters. The molecule has 0 N–H and O–H groups in total. The number of amides is 1. The second-order valence-electron chi connectivity index (χ2n) is 5.57. The third-order valence-corrected chi connectivity index (χ3v) is 4.36. The summed E-state index contributed by atoms with van der Waals surface area (Å²) in [5, 5.41) is 0. The Labute approximate surface area is 155 Å². The predicted molar refractivity (Wildman–Crippen MR) is 98.5 cm³/mol. The van der Waals surface area contributed by atoms with E-state index in [0.29, 0.717) is 22.3 Å². The van der Waals surface area contributed by atoms with E-state index in [1.165, 1.54) is 12.0 Å². The van der Waals surface area contributed by atoms with Gasteiger partial charge in [0, 0.05) is 18.1 Å².